The fraction of sp³-hybridized carbons (Fsp3) is 0.208. The third-order valence-corrected chi connectivity index (χ3v) is 5.17. The number of ether oxygens (including phenoxy) is 1. The van der Waals surface area contributed by atoms with Crippen LogP contribution in [-0.4, -0.2) is 37.1 Å². The van der Waals surface area contributed by atoms with Crippen LogP contribution in [0.4, 0.5) is 29.3 Å². The highest BCUT2D eigenvalue weighted by molar-refractivity contribution is 6.00. The van der Waals surface area contributed by atoms with E-state index in [4.69, 9.17) is 4.74 Å². The van der Waals surface area contributed by atoms with Crippen molar-refractivity contribution >= 4 is 17.4 Å². The fourth-order valence-electron chi connectivity index (χ4n) is 3.43. The number of amides is 2. The topological polar surface area (TPSA) is 127 Å². The lowest BCUT2D eigenvalue weighted by Gasteiger charge is -2.14. The van der Waals surface area contributed by atoms with Crippen LogP contribution in [0, 0.1) is 13.8 Å². The molecule has 4 aromatic rings. The lowest BCUT2D eigenvalue weighted by atomic mass is 10.1. The molecule has 13 heteroatoms. The van der Waals surface area contributed by atoms with E-state index in [1.165, 1.54) is 35.4 Å². The van der Waals surface area contributed by atoms with E-state index < -0.39 is 23.3 Å². The van der Waals surface area contributed by atoms with E-state index in [1.54, 1.807) is 27.0 Å². The minimum absolute atomic E-state index is 0.0689. The third-order valence-electron chi connectivity index (χ3n) is 5.17. The molecule has 0 bridgehead atoms. The number of halogens is 3. The maximum absolute atomic E-state index is 13.5. The monoisotopic (exact) mass is 513 g/mol. The zero-order chi connectivity index (χ0) is 26.7. The van der Waals surface area contributed by atoms with Gasteiger partial charge in [-0.25, -0.2) is 19.7 Å². The number of hydrogen-bond acceptors (Lipinski definition) is 6. The van der Waals surface area contributed by atoms with Gasteiger partial charge < -0.3 is 24.9 Å². The number of imidazole rings is 1. The second-order valence-corrected chi connectivity index (χ2v) is 7.98. The van der Waals surface area contributed by atoms with Crippen molar-refractivity contribution in [1.29, 1.82) is 0 Å². The number of urea groups is 1. The molecule has 0 aliphatic carbocycles. The van der Waals surface area contributed by atoms with Crippen molar-refractivity contribution < 1.29 is 22.7 Å². The fourth-order valence-corrected chi connectivity index (χ4v) is 3.43. The molecule has 0 aliphatic rings. The molecule has 0 fully saturated rings. The molecule has 3 aromatic heterocycles. The number of hydrogen-bond donors (Lipinski definition) is 3. The Morgan fingerprint density at radius 3 is 2.57 bits per heavy atom. The maximum Gasteiger partial charge on any atom is 0.416 e. The van der Waals surface area contributed by atoms with Crippen LogP contribution in [0.15, 0.2) is 54.0 Å². The number of carbonyl (C=O) groups is 1. The molecule has 0 spiro atoms. The van der Waals surface area contributed by atoms with Gasteiger partial charge in [0, 0.05) is 29.3 Å². The molecule has 1 aromatic carbocycles. The lowest BCUT2D eigenvalue weighted by Crippen LogP contribution is -2.21. The summed E-state index contributed by atoms with van der Waals surface area (Å²) in [7, 11) is 0. The predicted molar refractivity (Wildman–Crippen MR) is 130 cm³/mol. The van der Waals surface area contributed by atoms with Gasteiger partial charge in [-0.2, -0.15) is 13.2 Å². The number of nitrogens with zero attached hydrogens (tertiary/aromatic N) is 4. The molecule has 3 N–H and O–H groups in total. The van der Waals surface area contributed by atoms with E-state index >= 15 is 0 Å². The Bertz CT molecular complexity index is 1510. The Hall–Kier alpha value is -4.68. The molecule has 10 nitrogen and oxygen atoms in total. The van der Waals surface area contributed by atoms with Crippen molar-refractivity contribution in [2.75, 3.05) is 17.2 Å². The van der Waals surface area contributed by atoms with Crippen LogP contribution < -0.4 is 20.9 Å². The molecule has 0 saturated carbocycles. The molecular formula is C24H22F3N7O3. The normalized spacial score (nSPS) is 11.3. The van der Waals surface area contributed by atoms with Crippen molar-refractivity contribution in [2.45, 2.75) is 26.9 Å². The molecule has 3 heterocycles. The van der Waals surface area contributed by atoms with Crippen molar-refractivity contribution in [3.05, 3.63) is 76.5 Å². The van der Waals surface area contributed by atoms with E-state index in [9.17, 15) is 22.8 Å². The molecule has 0 aliphatic heterocycles. The first-order chi connectivity index (χ1) is 17.5. The van der Waals surface area contributed by atoms with Gasteiger partial charge in [0.25, 0.3) is 5.56 Å². The Morgan fingerprint density at radius 1 is 1.14 bits per heavy atom. The van der Waals surface area contributed by atoms with Gasteiger partial charge >= 0.3 is 12.2 Å². The summed E-state index contributed by atoms with van der Waals surface area (Å²) in [5.74, 6) is 0.396. The molecule has 0 radical (unpaired) electrons. The first kappa shape index (κ1) is 25.4. The number of nitrogens with one attached hydrogen (secondary N) is 3. The van der Waals surface area contributed by atoms with E-state index in [0.717, 1.165) is 12.1 Å². The molecule has 0 unspecified atom stereocenters. The van der Waals surface area contributed by atoms with Gasteiger partial charge in [-0.3, -0.25) is 4.79 Å². The second kappa shape index (κ2) is 10.1. The second-order valence-electron chi connectivity index (χ2n) is 7.98. The minimum Gasteiger partial charge on any atom is -0.488 e. The standard InChI is InChI=1S/C24H22F3N7O3/c1-4-37-20-5-15(9-29-22(20)35)21-28-10-19(14(3)31-21)33-23(36)32-17-6-16(24(25,26)27)7-18(8-17)34-11-13(2)30-12-34/h5-12H,4H2,1-3H3,(H,29,35)(H2,32,33,36). The van der Waals surface area contributed by atoms with Gasteiger partial charge in [0.05, 0.1) is 41.8 Å². The average Bonchev–Trinajstić information content (AvgIpc) is 3.27. The van der Waals surface area contributed by atoms with Crippen molar-refractivity contribution in [3.8, 4) is 22.8 Å². The summed E-state index contributed by atoms with van der Waals surface area (Å²) >= 11 is 0. The van der Waals surface area contributed by atoms with Crippen LogP contribution in [-0.2, 0) is 6.18 Å². The number of aryl methyl sites for hydroxylation is 2. The highest BCUT2D eigenvalue weighted by Gasteiger charge is 2.31. The summed E-state index contributed by atoms with van der Waals surface area (Å²) < 4.78 is 47.1. The van der Waals surface area contributed by atoms with Crippen LogP contribution in [0.5, 0.6) is 5.75 Å². The number of anilines is 2. The molecular weight excluding hydrogens is 491 g/mol. The van der Waals surface area contributed by atoms with Gasteiger partial charge in [0.15, 0.2) is 11.6 Å². The van der Waals surface area contributed by atoms with Crippen LogP contribution in [0.2, 0.25) is 0 Å². The van der Waals surface area contributed by atoms with Crippen molar-refractivity contribution in [2.24, 2.45) is 0 Å². The van der Waals surface area contributed by atoms with Crippen LogP contribution in [0.3, 0.4) is 0 Å². The number of benzene rings is 1. The SMILES string of the molecule is CCOc1cc(-c2ncc(NC(=O)Nc3cc(-n4cnc(C)c4)cc(C(F)(F)F)c3)c(C)n2)c[nH]c1=O. The van der Waals surface area contributed by atoms with Gasteiger partial charge in [0.1, 0.15) is 0 Å². The number of rotatable bonds is 6. The van der Waals surface area contributed by atoms with Crippen LogP contribution >= 0.6 is 0 Å². The summed E-state index contributed by atoms with van der Waals surface area (Å²) in [6.45, 7) is 5.39. The summed E-state index contributed by atoms with van der Waals surface area (Å²) in [5, 5.41) is 4.97. The maximum atomic E-state index is 13.5. The zero-order valence-corrected chi connectivity index (χ0v) is 20.0. The van der Waals surface area contributed by atoms with E-state index in [1.807, 2.05) is 0 Å². The van der Waals surface area contributed by atoms with Gasteiger partial charge in [-0.05, 0) is 45.0 Å². The largest absolute Gasteiger partial charge is 0.488 e. The number of aromatic amines is 1. The number of aromatic nitrogens is 5. The molecule has 0 atom stereocenters. The number of carbonyl (C=O) groups excluding carboxylic acids is 1. The summed E-state index contributed by atoms with van der Waals surface area (Å²) in [4.78, 5) is 39.6. The number of pyridine rings is 1. The zero-order valence-electron chi connectivity index (χ0n) is 20.0. The number of alkyl halides is 3. The van der Waals surface area contributed by atoms with Crippen LogP contribution in [0.1, 0.15) is 23.9 Å². The Labute approximate surface area is 208 Å². The highest BCUT2D eigenvalue weighted by atomic mass is 19.4. The predicted octanol–water partition coefficient (Wildman–Crippen LogP) is 4.70. The number of H-pyrrole nitrogens is 1. The first-order valence-electron chi connectivity index (χ1n) is 11.0. The molecule has 0 saturated heterocycles. The lowest BCUT2D eigenvalue weighted by molar-refractivity contribution is -0.137. The van der Waals surface area contributed by atoms with E-state index in [2.05, 4.69) is 30.6 Å². The first-order valence-corrected chi connectivity index (χ1v) is 11.0. The van der Waals surface area contributed by atoms with Crippen LogP contribution in [0.25, 0.3) is 17.1 Å². The Balaban J connectivity index is 1.55. The van der Waals surface area contributed by atoms with Crippen molar-refractivity contribution in [3.63, 3.8) is 0 Å². The third kappa shape index (κ3) is 5.94. The Kier molecular flexibility index (Phi) is 6.96. The Morgan fingerprint density at radius 2 is 1.92 bits per heavy atom. The summed E-state index contributed by atoms with van der Waals surface area (Å²) in [6, 6.07) is 3.92. The average molecular weight is 513 g/mol. The highest BCUT2D eigenvalue weighted by Crippen LogP contribution is 2.33. The summed E-state index contributed by atoms with van der Waals surface area (Å²) in [5.41, 5.74) is 0.549. The van der Waals surface area contributed by atoms with E-state index in [0.29, 0.717) is 23.6 Å². The molecule has 4 rings (SSSR count). The van der Waals surface area contributed by atoms with Gasteiger partial charge in [-0.1, -0.05) is 0 Å². The van der Waals surface area contributed by atoms with Gasteiger partial charge in [-0.15, -0.1) is 0 Å². The molecule has 2 amide bonds. The summed E-state index contributed by atoms with van der Waals surface area (Å²) in [6.07, 6.45) is 1.13. The van der Waals surface area contributed by atoms with Crippen molar-refractivity contribution in [1.82, 2.24) is 24.5 Å². The smallest absolute Gasteiger partial charge is 0.416 e. The van der Waals surface area contributed by atoms with Gasteiger partial charge in [0.2, 0.25) is 0 Å². The molecule has 192 valence electrons. The van der Waals surface area contributed by atoms with E-state index in [-0.39, 0.29) is 28.6 Å². The quantitative estimate of drug-likeness (QED) is 0.343. The minimum atomic E-state index is -4.62. The molecule has 37 heavy (non-hydrogen) atoms.